The molecule has 2 aromatic heterocycles. The summed E-state index contributed by atoms with van der Waals surface area (Å²) in [5.41, 5.74) is 3.56. The maximum atomic E-state index is 14.0. The van der Waals surface area contributed by atoms with E-state index in [1.807, 2.05) is 0 Å². The van der Waals surface area contributed by atoms with Crippen LogP contribution in [-0.4, -0.2) is 46.7 Å². The molecule has 3 aromatic carbocycles. The van der Waals surface area contributed by atoms with Crippen LogP contribution in [0.3, 0.4) is 0 Å². The SMILES string of the molecule is CC1=C(C(=O)n2nc3ccccc3n2)C(c2cccc([N+](=O)[O-])c2)C(C(=O)n2nc3ccccc3n2)=C(C)N1. The normalized spacial score (nSPS) is 14.2. The van der Waals surface area contributed by atoms with E-state index in [0.717, 1.165) is 9.59 Å². The minimum absolute atomic E-state index is 0.168. The number of fused-ring (bicyclic) bond motifs is 2. The number of nitrogens with zero attached hydrogens (tertiary/aromatic N) is 7. The van der Waals surface area contributed by atoms with E-state index in [4.69, 9.17) is 0 Å². The van der Waals surface area contributed by atoms with E-state index in [1.165, 1.54) is 18.2 Å². The molecule has 0 spiro atoms. The van der Waals surface area contributed by atoms with Gasteiger partial charge in [-0.1, -0.05) is 36.4 Å². The Balaban J connectivity index is 1.53. The van der Waals surface area contributed by atoms with Gasteiger partial charge in [-0.3, -0.25) is 19.7 Å². The highest BCUT2D eigenvalue weighted by molar-refractivity contribution is 6.05. The van der Waals surface area contributed by atoms with Crippen LogP contribution >= 0.6 is 0 Å². The van der Waals surface area contributed by atoms with Gasteiger partial charge in [-0.15, -0.1) is 30.0 Å². The van der Waals surface area contributed by atoms with Crippen molar-refractivity contribution in [3.63, 3.8) is 0 Å². The zero-order chi connectivity index (χ0) is 27.3. The van der Waals surface area contributed by atoms with Crippen LogP contribution in [0.4, 0.5) is 5.69 Å². The monoisotopic (exact) mass is 520 g/mol. The summed E-state index contributed by atoms with van der Waals surface area (Å²) in [4.78, 5) is 41.0. The fourth-order valence-corrected chi connectivity index (χ4v) is 4.83. The van der Waals surface area contributed by atoms with Gasteiger partial charge in [0.05, 0.1) is 16.1 Å². The lowest BCUT2D eigenvalue weighted by Gasteiger charge is -2.30. The highest BCUT2D eigenvalue weighted by Crippen LogP contribution is 2.40. The third kappa shape index (κ3) is 4.03. The summed E-state index contributed by atoms with van der Waals surface area (Å²) >= 11 is 0. The number of hydrogen-bond donors (Lipinski definition) is 1. The fourth-order valence-electron chi connectivity index (χ4n) is 4.83. The van der Waals surface area contributed by atoms with E-state index < -0.39 is 22.7 Å². The van der Waals surface area contributed by atoms with E-state index in [0.29, 0.717) is 39.0 Å². The number of dihydropyridines is 1. The third-order valence-corrected chi connectivity index (χ3v) is 6.57. The lowest BCUT2D eigenvalue weighted by Crippen LogP contribution is -2.35. The summed E-state index contributed by atoms with van der Waals surface area (Å²) in [5, 5.41) is 32.1. The number of nitrogens with one attached hydrogen (secondary N) is 1. The number of allylic oxidation sites excluding steroid dienone is 4. The third-order valence-electron chi connectivity index (χ3n) is 6.57. The van der Waals surface area contributed by atoms with Crippen LogP contribution in [0.25, 0.3) is 22.1 Å². The highest BCUT2D eigenvalue weighted by Gasteiger charge is 2.39. The van der Waals surface area contributed by atoms with E-state index in [-0.39, 0.29) is 16.8 Å². The van der Waals surface area contributed by atoms with Crippen LogP contribution in [0.15, 0.2) is 95.3 Å². The van der Waals surface area contributed by atoms with Crippen LogP contribution in [-0.2, 0) is 0 Å². The molecule has 192 valence electrons. The number of rotatable bonds is 4. The summed E-state index contributed by atoms with van der Waals surface area (Å²) in [7, 11) is 0. The molecule has 1 aliphatic heterocycles. The Kier molecular flexibility index (Phi) is 5.56. The molecule has 0 amide bonds. The van der Waals surface area contributed by atoms with Gasteiger partial charge in [-0.05, 0) is 43.7 Å². The van der Waals surface area contributed by atoms with Crippen LogP contribution in [0.2, 0.25) is 0 Å². The second kappa shape index (κ2) is 9.10. The molecular formula is C27H20N8O4. The Hall–Kier alpha value is -5.52. The summed E-state index contributed by atoms with van der Waals surface area (Å²) in [6.45, 7) is 3.40. The predicted octanol–water partition coefficient (Wildman–Crippen LogP) is 4.00. The molecule has 0 bridgehead atoms. The van der Waals surface area contributed by atoms with Gasteiger partial charge < -0.3 is 5.32 Å². The van der Waals surface area contributed by atoms with Crippen LogP contribution in [0, 0.1) is 10.1 Å². The number of carbonyl (C=O) groups is 2. The van der Waals surface area contributed by atoms with Gasteiger partial charge in [0.1, 0.15) is 22.1 Å². The van der Waals surface area contributed by atoms with Crippen molar-refractivity contribution in [2.24, 2.45) is 0 Å². The molecule has 12 heteroatoms. The minimum Gasteiger partial charge on any atom is -0.362 e. The van der Waals surface area contributed by atoms with Crippen molar-refractivity contribution in [1.29, 1.82) is 0 Å². The van der Waals surface area contributed by atoms with Crippen molar-refractivity contribution in [3.05, 3.63) is 111 Å². The Bertz CT molecular complexity index is 1720. The van der Waals surface area contributed by atoms with Gasteiger partial charge >= 0.3 is 0 Å². The summed E-state index contributed by atoms with van der Waals surface area (Å²) in [6.07, 6.45) is 0. The van der Waals surface area contributed by atoms with Gasteiger partial charge in [-0.2, -0.15) is 0 Å². The molecule has 0 radical (unpaired) electrons. The first kappa shape index (κ1) is 23.9. The fraction of sp³-hybridized carbons (Fsp3) is 0.111. The van der Waals surface area contributed by atoms with Crippen molar-refractivity contribution in [2.45, 2.75) is 19.8 Å². The Morgan fingerprint density at radius 2 is 1.18 bits per heavy atom. The first-order chi connectivity index (χ1) is 18.8. The Morgan fingerprint density at radius 3 is 1.59 bits per heavy atom. The Morgan fingerprint density at radius 1 is 0.744 bits per heavy atom. The molecule has 5 aromatic rings. The summed E-state index contributed by atoms with van der Waals surface area (Å²) < 4.78 is 0. The minimum atomic E-state index is -0.991. The van der Waals surface area contributed by atoms with Crippen LogP contribution < -0.4 is 5.32 Å². The summed E-state index contributed by atoms with van der Waals surface area (Å²) in [6, 6.07) is 20.0. The van der Waals surface area contributed by atoms with Gasteiger partial charge in [0, 0.05) is 29.4 Å². The molecular weight excluding hydrogens is 500 g/mol. The van der Waals surface area contributed by atoms with Crippen molar-refractivity contribution < 1.29 is 14.5 Å². The van der Waals surface area contributed by atoms with Crippen molar-refractivity contribution >= 4 is 39.6 Å². The topological polar surface area (TPSA) is 151 Å². The smallest absolute Gasteiger partial charge is 0.293 e. The van der Waals surface area contributed by atoms with Gasteiger partial charge in [0.15, 0.2) is 0 Å². The molecule has 0 unspecified atom stereocenters. The number of carbonyl (C=O) groups excluding carboxylic acids is 2. The highest BCUT2D eigenvalue weighted by atomic mass is 16.6. The lowest BCUT2D eigenvalue weighted by atomic mass is 9.79. The number of nitro benzene ring substituents is 1. The summed E-state index contributed by atoms with van der Waals surface area (Å²) in [5.74, 6) is -2.15. The number of non-ortho nitro benzene ring substituents is 1. The van der Waals surface area contributed by atoms with Gasteiger partial charge in [0.2, 0.25) is 0 Å². The molecule has 6 rings (SSSR count). The van der Waals surface area contributed by atoms with E-state index >= 15 is 0 Å². The predicted molar refractivity (Wildman–Crippen MR) is 141 cm³/mol. The van der Waals surface area contributed by atoms with Gasteiger partial charge in [0.25, 0.3) is 17.5 Å². The van der Waals surface area contributed by atoms with E-state index in [9.17, 15) is 19.7 Å². The zero-order valence-corrected chi connectivity index (χ0v) is 20.8. The zero-order valence-electron chi connectivity index (χ0n) is 20.8. The molecule has 0 fully saturated rings. The number of aromatic nitrogens is 6. The second-order valence-corrected chi connectivity index (χ2v) is 9.05. The molecule has 0 saturated carbocycles. The molecule has 1 aliphatic rings. The van der Waals surface area contributed by atoms with Crippen molar-refractivity contribution in [1.82, 2.24) is 35.3 Å². The average molecular weight is 521 g/mol. The molecule has 39 heavy (non-hydrogen) atoms. The molecule has 1 N–H and O–H groups in total. The van der Waals surface area contributed by atoms with Gasteiger partial charge in [-0.25, -0.2) is 0 Å². The van der Waals surface area contributed by atoms with Crippen molar-refractivity contribution in [3.8, 4) is 0 Å². The van der Waals surface area contributed by atoms with E-state index in [2.05, 4.69) is 25.7 Å². The maximum Gasteiger partial charge on any atom is 0.293 e. The lowest BCUT2D eigenvalue weighted by molar-refractivity contribution is -0.384. The number of hydrogen-bond acceptors (Lipinski definition) is 9. The van der Waals surface area contributed by atoms with Crippen LogP contribution in [0.5, 0.6) is 0 Å². The molecule has 3 heterocycles. The molecule has 0 saturated heterocycles. The number of nitro groups is 1. The molecule has 12 nitrogen and oxygen atoms in total. The number of benzene rings is 3. The first-order valence-corrected chi connectivity index (χ1v) is 12.0. The quantitative estimate of drug-likeness (QED) is 0.274. The molecule has 0 aliphatic carbocycles. The average Bonchev–Trinajstić information content (AvgIpc) is 3.57. The first-order valence-electron chi connectivity index (χ1n) is 12.0. The maximum absolute atomic E-state index is 14.0. The van der Waals surface area contributed by atoms with E-state index in [1.54, 1.807) is 68.4 Å². The Labute approximate surface area is 220 Å². The largest absolute Gasteiger partial charge is 0.362 e. The van der Waals surface area contributed by atoms with Crippen LogP contribution in [0.1, 0.15) is 34.9 Å². The standard InChI is InChI=1S/C27H20N8O4/c1-15-23(26(36)33-29-19-10-3-4-11-20(19)30-33)25(17-8-7-9-18(14-17)35(38)39)24(16(2)28-15)27(37)34-31-21-12-5-6-13-22(21)32-34/h3-14,25,28H,1-2H3. The van der Waals surface area contributed by atoms with Crippen molar-refractivity contribution in [2.75, 3.05) is 0 Å². The second-order valence-electron chi connectivity index (χ2n) is 9.05. The molecule has 0 atom stereocenters.